The molecule has 5 rings (SSSR count). The molecule has 2 aliphatic heterocycles. The predicted molar refractivity (Wildman–Crippen MR) is 161 cm³/mol. The minimum absolute atomic E-state index is 0. The van der Waals surface area contributed by atoms with Crippen LogP contribution in [0, 0.1) is 0 Å². The lowest BCUT2D eigenvalue weighted by Crippen LogP contribution is -1.75. The van der Waals surface area contributed by atoms with E-state index in [9.17, 15) is 0 Å². The molecular formula is C20H18I4N4. The molecule has 2 aliphatic rings. The quantitative estimate of drug-likeness (QED) is 0.164. The third-order valence-corrected chi connectivity index (χ3v) is 4.04. The van der Waals surface area contributed by atoms with Gasteiger partial charge in [0.15, 0.2) is 0 Å². The zero-order valence-electron chi connectivity index (χ0n) is 14.5. The van der Waals surface area contributed by atoms with E-state index in [0.717, 1.165) is 44.8 Å². The Morgan fingerprint density at radius 1 is 0.429 bits per heavy atom. The molecule has 0 spiro atoms. The van der Waals surface area contributed by atoms with Crippen LogP contribution < -0.4 is 0 Å². The third-order valence-electron chi connectivity index (χ3n) is 4.04. The van der Waals surface area contributed by atoms with Crippen molar-refractivity contribution in [2.45, 2.75) is 0 Å². The molecular weight excluding hydrogens is 804 g/mol. The number of nitrogens with zero attached hydrogens (tertiary/aromatic N) is 2. The molecule has 3 aromatic heterocycles. The van der Waals surface area contributed by atoms with E-state index in [1.54, 1.807) is 0 Å². The summed E-state index contributed by atoms with van der Waals surface area (Å²) in [5, 5.41) is 0. The molecule has 146 valence electrons. The van der Waals surface area contributed by atoms with E-state index in [-0.39, 0.29) is 95.9 Å². The molecule has 8 heteroatoms. The molecule has 28 heavy (non-hydrogen) atoms. The monoisotopic (exact) mass is 822 g/mol. The smallest absolute Gasteiger partial charge is 0.0658 e. The van der Waals surface area contributed by atoms with Crippen LogP contribution in [0.5, 0.6) is 0 Å². The van der Waals surface area contributed by atoms with E-state index in [4.69, 9.17) is 0 Å². The SMILES string of the molecule is C1=Cc2cc3ccc(cc4nc(cc5ccc(cc1n2)[nH]5)C=C4)[nH]3.I.I.I.I. The van der Waals surface area contributed by atoms with Gasteiger partial charge in [0.2, 0.25) is 0 Å². The van der Waals surface area contributed by atoms with Crippen LogP contribution in [0.3, 0.4) is 0 Å². The third kappa shape index (κ3) is 5.78. The summed E-state index contributed by atoms with van der Waals surface area (Å²) in [6, 6.07) is 16.4. The first-order valence-electron chi connectivity index (χ1n) is 7.85. The van der Waals surface area contributed by atoms with Gasteiger partial charge >= 0.3 is 0 Å². The summed E-state index contributed by atoms with van der Waals surface area (Å²) in [6.45, 7) is 0. The van der Waals surface area contributed by atoms with Crippen LogP contribution >= 0.6 is 95.9 Å². The number of hydrogen-bond acceptors (Lipinski definition) is 2. The van der Waals surface area contributed by atoms with Crippen molar-refractivity contribution in [3.63, 3.8) is 0 Å². The Hall–Kier alpha value is -0.480. The van der Waals surface area contributed by atoms with Crippen molar-refractivity contribution < 1.29 is 0 Å². The highest BCUT2D eigenvalue weighted by molar-refractivity contribution is 14.0. The Morgan fingerprint density at radius 2 is 0.679 bits per heavy atom. The van der Waals surface area contributed by atoms with E-state index in [0.29, 0.717) is 0 Å². The first-order chi connectivity index (χ1) is 11.8. The second-order valence-corrected chi connectivity index (χ2v) is 5.91. The van der Waals surface area contributed by atoms with Gasteiger partial charge in [0.1, 0.15) is 0 Å². The van der Waals surface area contributed by atoms with Gasteiger partial charge in [0, 0.05) is 22.1 Å². The lowest BCUT2D eigenvalue weighted by atomic mass is 10.3. The minimum atomic E-state index is 0. The van der Waals surface area contributed by atoms with Crippen LogP contribution in [0.25, 0.3) is 46.4 Å². The Bertz CT molecular complexity index is 1000. The molecule has 0 saturated heterocycles. The molecule has 0 amide bonds. The van der Waals surface area contributed by atoms with Gasteiger partial charge in [0.05, 0.1) is 22.8 Å². The van der Waals surface area contributed by atoms with Crippen LogP contribution in [0.2, 0.25) is 0 Å². The fraction of sp³-hybridized carbons (Fsp3) is 0. The average Bonchev–Trinajstić information content (AvgIpc) is 3.32. The predicted octanol–water partition coefficient (Wildman–Crippen LogP) is 7.13. The van der Waals surface area contributed by atoms with Gasteiger partial charge < -0.3 is 9.97 Å². The number of aromatic nitrogens is 4. The number of rotatable bonds is 0. The zero-order chi connectivity index (χ0) is 15.9. The first kappa shape index (κ1) is 25.6. The molecule has 8 bridgehead atoms. The van der Waals surface area contributed by atoms with E-state index >= 15 is 0 Å². The zero-order valence-corrected chi connectivity index (χ0v) is 23.8. The van der Waals surface area contributed by atoms with E-state index in [1.165, 1.54) is 0 Å². The van der Waals surface area contributed by atoms with Gasteiger partial charge in [0.25, 0.3) is 0 Å². The molecule has 4 nitrogen and oxygen atoms in total. The fourth-order valence-corrected chi connectivity index (χ4v) is 2.94. The van der Waals surface area contributed by atoms with Crippen molar-refractivity contribution >= 4 is 142 Å². The molecule has 5 heterocycles. The topological polar surface area (TPSA) is 57.4 Å². The highest BCUT2D eigenvalue weighted by Gasteiger charge is 2.00. The van der Waals surface area contributed by atoms with Crippen LogP contribution in [0.4, 0.5) is 0 Å². The second-order valence-electron chi connectivity index (χ2n) is 5.91. The standard InChI is InChI=1S/C20H14N4.4HI/c1-2-14-10-16-5-6-18(23-16)12-20-8-7-19(24-20)11-17-4-3-15(22-17)9-13(1)21-14;;;;/h1-12,21,24H;4*1H. The number of aromatic amines is 2. The number of H-pyrrole nitrogens is 2. The van der Waals surface area contributed by atoms with Gasteiger partial charge in [-0.2, -0.15) is 0 Å². The Labute approximate surface area is 230 Å². The van der Waals surface area contributed by atoms with Gasteiger partial charge in [-0.3, -0.25) is 0 Å². The summed E-state index contributed by atoms with van der Waals surface area (Å²) in [5.41, 5.74) is 7.86. The summed E-state index contributed by atoms with van der Waals surface area (Å²) in [7, 11) is 0. The van der Waals surface area contributed by atoms with E-state index in [2.05, 4.69) is 44.2 Å². The highest BCUT2D eigenvalue weighted by atomic mass is 127. The number of halogens is 4. The molecule has 0 radical (unpaired) electrons. The maximum Gasteiger partial charge on any atom is 0.0658 e. The van der Waals surface area contributed by atoms with Gasteiger partial charge in [-0.1, -0.05) is 0 Å². The molecule has 0 aromatic carbocycles. The lowest BCUT2D eigenvalue weighted by Gasteiger charge is -1.85. The summed E-state index contributed by atoms with van der Waals surface area (Å²) >= 11 is 0. The summed E-state index contributed by atoms with van der Waals surface area (Å²) in [4.78, 5) is 16.0. The van der Waals surface area contributed by atoms with Gasteiger partial charge in [-0.15, -0.1) is 95.9 Å². The number of nitrogens with one attached hydrogen (secondary N) is 2. The fourth-order valence-electron chi connectivity index (χ4n) is 2.94. The van der Waals surface area contributed by atoms with Gasteiger partial charge in [-0.25, -0.2) is 9.97 Å². The maximum absolute atomic E-state index is 4.63. The molecule has 3 aromatic rings. The normalized spacial score (nSPS) is 10.9. The number of hydrogen-bond donors (Lipinski definition) is 2. The van der Waals surface area contributed by atoms with Gasteiger partial charge in [-0.05, 0) is 72.8 Å². The van der Waals surface area contributed by atoms with Crippen molar-refractivity contribution in [1.82, 2.24) is 19.9 Å². The average molecular weight is 822 g/mol. The molecule has 0 aliphatic carbocycles. The summed E-state index contributed by atoms with van der Waals surface area (Å²) in [6.07, 6.45) is 8.09. The van der Waals surface area contributed by atoms with Crippen LogP contribution in [-0.4, -0.2) is 19.9 Å². The van der Waals surface area contributed by atoms with Crippen molar-refractivity contribution in [3.8, 4) is 0 Å². The van der Waals surface area contributed by atoms with Crippen LogP contribution in [0.1, 0.15) is 22.8 Å². The highest BCUT2D eigenvalue weighted by Crippen LogP contribution is 2.16. The van der Waals surface area contributed by atoms with Crippen LogP contribution in [-0.2, 0) is 0 Å². The maximum atomic E-state index is 4.63. The number of fused-ring (bicyclic) bond motifs is 8. The molecule has 0 unspecified atom stereocenters. The Kier molecular flexibility index (Phi) is 10.1. The Balaban J connectivity index is 0.000000980. The molecule has 0 atom stereocenters. The molecule has 0 saturated carbocycles. The first-order valence-corrected chi connectivity index (χ1v) is 7.85. The molecule has 2 N–H and O–H groups in total. The summed E-state index contributed by atoms with van der Waals surface area (Å²) < 4.78 is 0. The van der Waals surface area contributed by atoms with Crippen LogP contribution in [0.15, 0.2) is 48.5 Å². The lowest BCUT2D eigenvalue weighted by molar-refractivity contribution is 1.31. The van der Waals surface area contributed by atoms with Crippen molar-refractivity contribution in [1.29, 1.82) is 0 Å². The minimum Gasteiger partial charge on any atom is -0.355 e. The second kappa shape index (κ2) is 11.1. The van der Waals surface area contributed by atoms with Crippen molar-refractivity contribution in [2.75, 3.05) is 0 Å². The van der Waals surface area contributed by atoms with E-state index in [1.807, 2.05) is 48.6 Å². The summed E-state index contributed by atoms with van der Waals surface area (Å²) in [5.74, 6) is 0. The molecule has 0 fully saturated rings. The Morgan fingerprint density at radius 3 is 0.929 bits per heavy atom. The van der Waals surface area contributed by atoms with E-state index < -0.39 is 0 Å². The van der Waals surface area contributed by atoms with Crippen molar-refractivity contribution in [3.05, 3.63) is 71.3 Å². The van der Waals surface area contributed by atoms with Crippen molar-refractivity contribution in [2.24, 2.45) is 0 Å². The largest absolute Gasteiger partial charge is 0.355 e.